The first-order valence-corrected chi connectivity index (χ1v) is 5.34. The summed E-state index contributed by atoms with van der Waals surface area (Å²) in [7, 11) is 0. The van der Waals surface area contributed by atoms with Crippen molar-refractivity contribution in [3.63, 3.8) is 0 Å². The fourth-order valence-corrected chi connectivity index (χ4v) is 2.17. The lowest BCUT2D eigenvalue weighted by Crippen LogP contribution is -2.49. The van der Waals surface area contributed by atoms with Crippen LogP contribution in [-0.4, -0.2) is 29.2 Å². The normalized spacial score (nSPS) is 20.0. The molecule has 3 heteroatoms. The molecule has 0 aromatic carbocycles. The SMILES string of the molecule is CC(=O)[C@H](C(C)C)N1CCCCC1=O. The van der Waals surface area contributed by atoms with Gasteiger partial charge in [0.1, 0.15) is 0 Å². The molecule has 1 aliphatic rings. The van der Waals surface area contributed by atoms with Gasteiger partial charge in [0.05, 0.1) is 6.04 Å². The molecule has 14 heavy (non-hydrogen) atoms. The summed E-state index contributed by atoms with van der Waals surface area (Å²) < 4.78 is 0. The zero-order valence-corrected chi connectivity index (χ0v) is 9.25. The zero-order chi connectivity index (χ0) is 10.7. The Labute approximate surface area is 85.5 Å². The van der Waals surface area contributed by atoms with E-state index >= 15 is 0 Å². The highest BCUT2D eigenvalue weighted by Gasteiger charge is 2.30. The van der Waals surface area contributed by atoms with Crippen LogP contribution in [0.4, 0.5) is 0 Å². The highest BCUT2D eigenvalue weighted by molar-refractivity contribution is 5.88. The van der Waals surface area contributed by atoms with Gasteiger partial charge in [0.25, 0.3) is 0 Å². The van der Waals surface area contributed by atoms with Gasteiger partial charge in [0.2, 0.25) is 5.91 Å². The number of carbonyl (C=O) groups excluding carboxylic acids is 2. The van der Waals surface area contributed by atoms with Gasteiger partial charge in [-0.1, -0.05) is 13.8 Å². The number of likely N-dealkylation sites (tertiary alicyclic amines) is 1. The van der Waals surface area contributed by atoms with Crippen LogP contribution >= 0.6 is 0 Å². The van der Waals surface area contributed by atoms with Crippen LogP contribution in [0.5, 0.6) is 0 Å². The van der Waals surface area contributed by atoms with Gasteiger partial charge >= 0.3 is 0 Å². The smallest absolute Gasteiger partial charge is 0.223 e. The molecule has 1 saturated heterocycles. The number of rotatable bonds is 3. The van der Waals surface area contributed by atoms with Crippen molar-refractivity contribution in [3.05, 3.63) is 0 Å². The maximum atomic E-state index is 11.6. The second-order valence-corrected chi connectivity index (χ2v) is 4.34. The van der Waals surface area contributed by atoms with Gasteiger partial charge in [-0.3, -0.25) is 9.59 Å². The van der Waals surface area contributed by atoms with E-state index in [1.165, 1.54) is 0 Å². The minimum absolute atomic E-state index is 0.107. The predicted molar refractivity (Wildman–Crippen MR) is 54.9 cm³/mol. The predicted octanol–water partition coefficient (Wildman–Crippen LogP) is 1.61. The molecule has 1 heterocycles. The Hall–Kier alpha value is -0.860. The van der Waals surface area contributed by atoms with Crippen LogP contribution in [-0.2, 0) is 9.59 Å². The second-order valence-electron chi connectivity index (χ2n) is 4.34. The summed E-state index contributed by atoms with van der Waals surface area (Å²) in [6.07, 6.45) is 2.61. The number of piperidine rings is 1. The first kappa shape index (κ1) is 11.2. The molecule has 0 aromatic heterocycles. The number of nitrogens with zero attached hydrogens (tertiary/aromatic N) is 1. The highest BCUT2D eigenvalue weighted by atomic mass is 16.2. The number of carbonyl (C=O) groups is 2. The third-order valence-corrected chi connectivity index (χ3v) is 2.74. The molecule has 1 amide bonds. The van der Waals surface area contributed by atoms with E-state index in [-0.39, 0.29) is 23.7 Å². The Balaban J connectivity index is 2.75. The fourth-order valence-electron chi connectivity index (χ4n) is 2.17. The van der Waals surface area contributed by atoms with Crippen molar-refractivity contribution in [2.24, 2.45) is 5.92 Å². The molecular formula is C11H19NO2. The molecule has 0 saturated carbocycles. The third-order valence-electron chi connectivity index (χ3n) is 2.74. The second kappa shape index (κ2) is 4.58. The topological polar surface area (TPSA) is 37.4 Å². The first-order chi connectivity index (χ1) is 6.54. The van der Waals surface area contributed by atoms with E-state index in [1.54, 1.807) is 11.8 Å². The molecular weight excluding hydrogens is 178 g/mol. The molecule has 0 N–H and O–H groups in total. The van der Waals surface area contributed by atoms with E-state index in [0.29, 0.717) is 6.42 Å². The maximum Gasteiger partial charge on any atom is 0.223 e. The van der Waals surface area contributed by atoms with Gasteiger partial charge in [0.15, 0.2) is 5.78 Å². The van der Waals surface area contributed by atoms with Gasteiger partial charge in [-0.2, -0.15) is 0 Å². The molecule has 0 unspecified atom stereocenters. The minimum Gasteiger partial charge on any atom is -0.332 e. The van der Waals surface area contributed by atoms with Crippen molar-refractivity contribution in [1.29, 1.82) is 0 Å². The summed E-state index contributed by atoms with van der Waals surface area (Å²) in [6.45, 7) is 6.32. The van der Waals surface area contributed by atoms with Gasteiger partial charge in [-0.05, 0) is 25.7 Å². The van der Waals surface area contributed by atoms with E-state index in [1.807, 2.05) is 13.8 Å². The van der Waals surface area contributed by atoms with Crippen LogP contribution in [0.3, 0.4) is 0 Å². The lowest BCUT2D eigenvalue weighted by Gasteiger charge is -2.35. The Morgan fingerprint density at radius 3 is 2.43 bits per heavy atom. The van der Waals surface area contributed by atoms with Crippen molar-refractivity contribution in [2.75, 3.05) is 6.54 Å². The van der Waals surface area contributed by atoms with Crippen molar-refractivity contribution in [2.45, 2.75) is 46.1 Å². The van der Waals surface area contributed by atoms with Crippen molar-refractivity contribution >= 4 is 11.7 Å². The van der Waals surface area contributed by atoms with Crippen molar-refractivity contribution in [1.82, 2.24) is 4.90 Å². The molecule has 0 radical (unpaired) electrons. The van der Waals surface area contributed by atoms with Crippen LogP contribution in [0.2, 0.25) is 0 Å². The molecule has 1 rings (SSSR count). The zero-order valence-electron chi connectivity index (χ0n) is 9.25. The molecule has 0 aliphatic carbocycles. The highest BCUT2D eigenvalue weighted by Crippen LogP contribution is 2.19. The number of Topliss-reactive ketones (excluding diaryl/α,β-unsaturated/α-hetero) is 1. The van der Waals surface area contributed by atoms with Crippen molar-refractivity contribution < 1.29 is 9.59 Å². The molecule has 0 aromatic rings. The molecule has 1 atom stereocenters. The van der Waals surface area contributed by atoms with Gasteiger partial charge in [-0.25, -0.2) is 0 Å². The standard InChI is InChI=1S/C11H19NO2/c1-8(2)11(9(3)13)12-7-5-4-6-10(12)14/h8,11H,4-7H2,1-3H3/t11-/m0/s1. The summed E-state index contributed by atoms with van der Waals surface area (Å²) in [4.78, 5) is 24.8. The van der Waals surface area contributed by atoms with Gasteiger partial charge in [0, 0.05) is 13.0 Å². The third kappa shape index (κ3) is 2.34. The Bertz CT molecular complexity index is 235. The average molecular weight is 197 g/mol. The monoisotopic (exact) mass is 197 g/mol. The van der Waals surface area contributed by atoms with E-state index in [9.17, 15) is 9.59 Å². The summed E-state index contributed by atoms with van der Waals surface area (Å²) in [5.74, 6) is 0.468. The summed E-state index contributed by atoms with van der Waals surface area (Å²) in [6, 6.07) is -0.206. The molecule has 0 bridgehead atoms. The fraction of sp³-hybridized carbons (Fsp3) is 0.818. The summed E-state index contributed by atoms with van der Waals surface area (Å²) in [5.41, 5.74) is 0. The number of hydrogen-bond acceptors (Lipinski definition) is 2. The van der Waals surface area contributed by atoms with E-state index in [4.69, 9.17) is 0 Å². The van der Waals surface area contributed by atoms with Crippen LogP contribution < -0.4 is 0 Å². The summed E-state index contributed by atoms with van der Waals surface area (Å²) >= 11 is 0. The lowest BCUT2D eigenvalue weighted by atomic mass is 9.96. The van der Waals surface area contributed by atoms with E-state index in [0.717, 1.165) is 19.4 Å². The minimum atomic E-state index is -0.206. The van der Waals surface area contributed by atoms with Crippen LogP contribution in [0, 0.1) is 5.92 Å². The molecule has 1 fully saturated rings. The molecule has 1 aliphatic heterocycles. The average Bonchev–Trinajstić information content (AvgIpc) is 2.07. The van der Waals surface area contributed by atoms with E-state index in [2.05, 4.69) is 0 Å². The van der Waals surface area contributed by atoms with Crippen LogP contribution in [0.15, 0.2) is 0 Å². The van der Waals surface area contributed by atoms with Gasteiger partial charge < -0.3 is 4.90 Å². The number of amides is 1. The van der Waals surface area contributed by atoms with Crippen LogP contribution in [0.25, 0.3) is 0 Å². The van der Waals surface area contributed by atoms with E-state index < -0.39 is 0 Å². The first-order valence-electron chi connectivity index (χ1n) is 5.34. The number of ketones is 1. The Morgan fingerprint density at radius 1 is 1.36 bits per heavy atom. The van der Waals surface area contributed by atoms with Crippen LogP contribution in [0.1, 0.15) is 40.0 Å². The Morgan fingerprint density at radius 2 is 2.00 bits per heavy atom. The van der Waals surface area contributed by atoms with Crippen molar-refractivity contribution in [3.8, 4) is 0 Å². The summed E-state index contributed by atoms with van der Waals surface area (Å²) in [5, 5.41) is 0. The molecule has 3 nitrogen and oxygen atoms in total. The quantitative estimate of drug-likeness (QED) is 0.689. The molecule has 80 valence electrons. The lowest BCUT2D eigenvalue weighted by molar-refractivity contribution is -0.142. The largest absolute Gasteiger partial charge is 0.332 e. The van der Waals surface area contributed by atoms with Gasteiger partial charge in [-0.15, -0.1) is 0 Å². The molecule has 0 spiro atoms. The number of hydrogen-bond donors (Lipinski definition) is 0. The maximum absolute atomic E-state index is 11.6. The Kier molecular flexibility index (Phi) is 3.67.